The van der Waals surface area contributed by atoms with Crippen LogP contribution in [-0.4, -0.2) is 50.6 Å². The number of rotatable bonds is 11. The van der Waals surface area contributed by atoms with Gasteiger partial charge < -0.3 is 9.80 Å². The lowest BCUT2D eigenvalue weighted by molar-refractivity contribution is 0.268. The van der Waals surface area contributed by atoms with E-state index < -0.39 is 0 Å². The van der Waals surface area contributed by atoms with Gasteiger partial charge in [-0.3, -0.25) is 0 Å². The van der Waals surface area contributed by atoms with Gasteiger partial charge in [-0.2, -0.15) is 0 Å². The SMILES string of the molecule is CC(CCCCN(C)C)CCN(C)CCCC(C)(C)C. The van der Waals surface area contributed by atoms with Gasteiger partial charge in [-0.05, 0) is 77.8 Å². The van der Waals surface area contributed by atoms with Crippen LogP contribution in [0.3, 0.4) is 0 Å². The molecule has 0 saturated carbocycles. The van der Waals surface area contributed by atoms with Gasteiger partial charge in [0.1, 0.15) is 0 Å². The predicted molar refractivity (Wildman–Crippen MR) is 92.4 cm³/mol. The summed E-state index contributed by atoms with van der Waals surface area (Å²) < 4.78 is 0. The van der Waals surface area contributed by atoms with Crippen LogP contribution in [-0.2, 0) is 0 Å². The monoisotopic (exact) mass is 284 g/mol. The lowest BCUT2D eigenvalue weighted by Gasteiger charge is -2.22. The van der Waals surface area contributed by atoms with Crippen LogP contribution in [0.2, 0.25) is 0 Å². The normalized spacial score (nSPS) is 14.2. The summed E-state index contributed by atoms with van der Waals surface area (Å²) in [6.45, 7) is 13.2. The van der Waals surface area contributed by atoms with Crippen LogP contribution in [0.25, 0.3) is 0 Å². The topological polar surface area (TPSA) is 6.48 Å². The van der Waals surface area contributed by atoms with E-state index in [2.05, 4.69) is 58.6 Å². The summed E-state index contributed by atoms with van der Waals surface area (Å²) in [5.74, 6) is 0.877. The summed E-state index contributed by atoms with van der Waals surface area (Å²) in [5, 5.41) is 0. The molecule has 0 aliphatic carbocycles. The maximum absolute atomic E-state index is 2.52. The van der Waals surface area contributed by atoms with Crippen molar-refractivity contribution in [1.29, 1.82) is 0 Å². The molecular formula is C18H40N2. The fraction of sp³-hybridized carbons (Fsp3) is 1.00. The Labute approximate surface area is 128 Å². The van der Waals surface area contributed by atoms with E-state index in [0.29, 0.717) is 5.41 Å². The van der Waals surface area contributed by atoms with E-state index in [1.54, 1.807) is 0 Å². The molecule has 20 heavy (non-hydrogen) atoms. The zero-order chi connectivity index (χ0) is 15.6. The molecule has 0 bridgehead atoms. The Morgan fingerprint density at radius 1 is 0.800 bits per heavy atom. The van der Waals surface area contributed by atoms with Crippen molar-refractivity contribution in [3.8, 4) is 0 Å². The van der Waals surface area contributed by atoms with E-state index in [1.807, 2.05) is 0 Å². The van der Waals surface area contributed by atoms with Gasteiger partial charge in [0.05, 0.1) is 0 Å². The lowest BCUT2D eigenvalue weighted by atomic mass is 9.90. The maximum atomic E-state index is 2.52. The molecule has 1 unspecified atom stereocenters. The molecule has 0 aromatic carbocycles. The van der Waals surface area contributed by atoms with Crippen LogP contribution in [0.1, 0.15) is 66.2 Å². The minimum atomic E-state index is 0.487. The quantitative estimate of drug-likeness (QED) is 0.515. The molecule has 0 N–H and O–H groups in total. The molecule has 0 amide bonds. The van der Waals surface area contributed by atoms with Gasteiger partial charge in [0.25, 0.3) is 0 Å². The predicted octanol–water partition coefficient (Wildman–Crippen LogP) is 4.50. The second kappa shape index (κ2) is 10.6. The van der Waals surface area contributed by atoms with Crippen molar-refractivity contribution in [3.63, 3.8) is 0 Å². The van der Waals surface area contributed by atoms with Gasteiger partial charge in [-0.1, -0.05) is 40.5 Å². The van der Waals surface area contributed by atoms with Crippen molar-refractivity contribution in [3.05, 3.63) is 0 Å². The molecule has 0 spiro atoms. The van der Waals surface area contributed by atoms with E-state index in [0.717, 1.165) is 5.92 Å². The highest BCUT2D eigenvalue weighted by molar-refractivity contribution is 4.64. The minimum Gasteiger partial charge on any atom is -0.309 e. The zero-order valence-electron chi connectivity index (χ0n) is 15.3. The van der Waals surface area contributed by atoms with E-state index in [-0.39, 0.29) is 0 Å². The van der Waals surface area contributed by atoms with Gasteiger partial charge in [-0.15, -0.1) is 0 Å². The minimum absolute atomic E-state index is 0.487. The molecule has 0 aliphatic heterocycles. The molecule has 2 heteroatoms. The molecule has 0 aromatic rings. The molecule has 0 saturated heterocycles. The zero-order valence-corrected chi connectivity index (χ0v) is 15.3. The van der Waals surface area contributed by atoms with Crippen molar-refractivity contribution in [2.75, 3.05) is 40.8 Å². The fourth-order valence-electron chi connectivity index (χ4n) is 2.50. The Balaban J connectivity index is 3.50. The van der Waals surface area contributed by atoms with Gasteiger partial charge >= 0.3 is 0 Å². The Morgan fingerprint density at radius 2 is 1.45 bits per heavy atom. The molecule has 0 rings (SSSR count). The first kappa shape index (κ1) is 19.9. The third kappa shape index (κ3) is 14.3. The van der Waals surface area contributed by atoms with Crippen LogP contribution in [0, 0.1) is 11.3 Å². The Morgan fingerprint density at radius 3 is 2.00 bits per heavy atom. The standard InChI is InChI=1S/C18H40N2/c1-17(11-8-9-14-19(5)6)12-16-20(7)15-10-13-18(2,3)4/h17H,8-16H2,1-7H3. The summed E-state index contributed by atoms with van der Waals surface area (Å²) in [7, 11) is 6.60. The van der Waals surface area contributed by atoms with Crippen molar-refractivity contribution >= 4 is 0 Å². The maximum Gasteiger partial charge on any atom is -0.00192 e. The van der Waals surface area contributed by atoms with Gasteiger partial charge in [0.15, 0.2) is 0 Å². The highest BCUT2D eigenvalue weighted by atomic mass is 15.1. The summed E-state index contributed by atoms with van der Waals surface area (Å²) in [6, 6.07) is 0. The summed E-state index contributed by atoms with van der Waals surface area (Å²) >= 11 is 0. The molecule has 2 nitrogen and oxygen atoms in total. The Kier molecular flexibility index (Phi) is 10.6. The Hall–Kier alpha value is -0.0800. The first-order chi connectivity index (χ1) is 9.20. The third-order valence-electron chi connectivity index (χ3n) is 4.02. The molecular weight excluding hydrogens is 244 g/mol. The van der Waals surface area contributed by atoms with E-state index in [9.17, 15) is 0 Å². The number of nitrogens with zero attached hydrogens (tertiary/aromatic N) is 2. The molecule has 0 fully saturated rings. The highest BCUT2D eigenvalue weighted by Gasteiger charge is 2.10. The van der Waals surface area contributed by atoms with E-state index >= 15 is 0 Å². The molecule has 0 aliphatic rings. The van der Waals surface area contributed by atoms with Crippen LogP contribution in [0.4, 0.5) is 0 Å². The average molecular weight is 285 g/mol. The largest absolute Gasteiger partial charge is 0.309 e. The second-order valence-electron chi connectivity index (χ2n) is 8.16. The molecule has 0 radical (unpaired) electrons. The van der Waals surface area contributed by atoms with E-state index in [1.165, 1.54) is 58.2 Å². The third-order valence-corrected chi connectivity index (χ3v) is 4.02. The van der Waals surface area contributed by atoms with Crippen LogP contribution >= 0.6 is 0 Å². The van der Waals surface area contributed by atoms with Crippen molar-refractivity contribution in [2.45, 2.75) is 66.2 Å². The molecule has 0 heterocycles. The number of hydrogen-bond acceptors (Lipinski definition) is 2. The first-order valence-corrected chi connectivity index (χ1v) is 8.54. The molecule has 1 atom stereocenters. The van der Waals surface area contributed by atoms with Crippen LogP contribution in [0.15, 0.2) is 0 Å². The summed E-state index contributed by atoms with van der Waals surface area (Å²) in [5.41, 5.74) is 0.487. The average Bonchev–Trinajstić information content (AvgIpc) is 2.30. The lowest BCUT2D eigenvalue weighted by Crippen LogP contribution is -2.23. The van der Waals surface area contributed by atoms with Gasteiger partial charge in [0, 0.05) is 0 Å². The van der Waals surface area contributed by atoms with Gasteiger partial charge in [0.2, 0.25) is 0 Å². The highest BCUT2D eigenvalue weighted by Crippen LogP contribution is 2.20. The molecule has 122 valence electrons. The number of hydrogen-bond donors (Lipinski definition) is 0. The van der Waals surface area contributed by atoms with Crippen molar-refractivity contribution in [2.24, 2.45) is 11.3 Å². The van der Waals surface area contributed by atoms with Crippen molar-refractivity contribution < 1.29 is 0 Å². The van der Waals surface area contributed by atoms with Crippen molar-refractivity contribution in [1.82, 2.24) is 9.80 Å². The summed E-state index contributed by atoms with van der Waals surface area (Å²) in [6.07, 6.45) is 8.14. The second-order valence-corrected chi connectivity index (χ2v) is 8.16. The summed E-state index contributed by atoms with van der Waals surface area (Å²) in [4.78, 5) is 4.80. The van der Waals surface area contributed by atoms with Crippen LogP contribution in [0.5, 0.6) is 0 Å². The van der Waals surface area contributed by atoms with Gasteiger partial charge in [-0.25, -0.2) is 0 Å². The van der Waals surface area contributed by atoms with Crippen LogP contribution < -0.4 is 0 Å². The fourth-order valence-corrected chi connectivity index (χ4v) is 2.50. The number of unbranched alkanes of at least 4 members (excludes halogenated alkanes) is 1. The first-order valence-electron chi connectivity index (χ1n) is 8.54. The smallest absolute Gasteiger partial charge is 0.00192 e. The Bertz CT molecular complexity index is 218. The van der Waals surface area contributed by atoms with E-state index in [4.69, 9.17) is 0 Å². The molecule has 0 aromatic heterocycles.